The van der Waals surface area contributed by atoms with E-state index in [1.54, 1.807) is 6.07 Å². The zero-order valence-electron chi connectivity index (χ0n) is 15.7. The van der Waals surface area contributed by atoms with E-state index in [2.05, 4.69) is 15.5 Å². The molecule has 0 saturated heterocycles. The number of aromatic nitrogens is 3. The van der Waals surface area contributed by atoms with Crippen LogP contribution in [0.3, 0.4) is 0 Å². The van der Waals surface area contributed by atoms with Gasteiger partial charge in [-0.15, -0.1) is 0 Å². The van der Waals surface area contributed by atoms with E-state index in [1.165, 1.54) is 12.1 Å². The number of halogens is 2. The Kier molecular flexibility index (Phi) is 4.65. The van der Waals surface area contributed by atoms with Crippen molar-refractivity contribution >= 4 is 34.0 Å². The van der Waals surface area contributed by atoms with Crippen LogP contribution in [0.25, 0.3) is 33.4 Å². The van der Waals surface area contributed by atoms with Crippen molar-refractivity contribution in [3.05, 3.63) is 95.8 Å². The molecule has 0 fully saturated rings. The molecule has 6 heteroatoms. The third kappa shape index (κ3) is 3.51. The van der Waals surface area contributed by atoms with Crippen molar-refractivity contribution in [1.29, 1.82) is 0 Å². The van der Waals surface area contributed by atoms with E-state index in [9.17, 15) is 4.39 Å². The van der Waals surface area contributed by atoms with E-state index < -0.39 is 0 Å². The Morgan fingerprint density at radius 1 is 0.833 bits per heavy atom. The smallest absolute Gasteiger partial charge is 0.160 e. The van der Waals surface area contributed by atoms with E-state index in [0.29, 0.717) is 16.2 Å². The summed E-state index contributed by atoms with van der Waals surface area (Å²) in [6.45, 7) is 0. The lowest BCUT2D eigenvalue weighted by atomic mass is 10.1. The molecule has 0 amide bonds. The monoisotopic (exact) mass is 414 g/mol. The average Bonchev–Trinajstić information content (AvgIpc) is 3.16. The van der Waals surface area contributed by atoms with Gasteiger partial charge >= 0.3 is 0 Å². The second-order valence-electron chi connectivity index (χ2n) is 6.86. The zero-order chi connectivity index (χ0) is 20.5. The van der Waals surface area contributed by atoms with Gasteiger partial charge in [-0.05, 0) is 36.4 Å². The number of benzene rings is 3. The standard InChI is InChI=1S/C24H16ClFN4/c25-20-9-5-4-8-18(20)23-14-17(13-22(28-23)15-6-2-1-3-7-15)27-24-19-12-16(26)10-11-21(19)29-30-24/h1-14H,(H2,27,28,29,30). The van der Waals surface area contributed by atoms with Crippen LogP contribution < -0.4 is 5.32 Å². The molecule has 0 aliphatic heterocycles. The highest BCUT2D eigenvalue weighted by Gasteiger charge is 2.12. The van der Waals surface area contributed by atoms with Crippen molar-refractivity contribution in [3.8, 4) is 22.5 Å². The number of fused-ring (bicyclic) bond motifs is 1. The topological polar surface area (TPSA) is 53.6 Å². The molecule has 0 aliphatic rings. The molecule has 4 nitrogen and oxygen atoms in total. The van der Waals surface area contributed by atoms with E-state index in [-0.39, 0.29) is 5.82 Å². The Morgan fingerprint density at radius 3 is 2.43 bits per heavy atom. The fraction of sp³-hybridized carbons (Fsp3) is 0. The normalized spacial score (nSPS) is 11.0. The number of nitrogens with zero attached hydrogens (tertiary/aromatic N) is 2. The SMILES string of the molecule is Fc1ccc2[nH]nc(Nc3cc(-c4ccccc4)nc(-c4ccccc4Cl)c3)c2c1. The lowest BCUT2D eigenvalue weighted by Crippen LogP contribution is -1.96. The van der Waals surface area contributed by atoms with Crippen LogP contribution in [0.15, 0.2) is 84.9 Å². The maximum absolute atomic E-state index is 13.8. The van der Waals surface area contributed by atoms with Gasteiger partial charge < -0.3 is 5.32 Å². The molecular weight excluding hydrogens is 399 g/mol. The van der Waals surface area contributed by atoms with Gasteiger partial charge in [0.1, 0.15) is 5.82 Å². The van der Waals surface area contributed by atoms with Crippen LogP contribution in [-0.2, 0) is 0 Å². The number of pyridine rings is 1. The molecule has 0 radical (unpaired) electrons. The number of H-pyrrole nitrogens is 1. The molecule has 0 bridgehead atoms. The summed E-state index contributed by atoms with van der Waals surface area (Å²) >= 11 is 6.43. The van der Waals surface area contributed by atoms with Gasteiger partial charge in [-0.25, -0.2) is 9.37 Å². The average molecular weight is 415 g/mol. The van der Waals surface area contributed by atoms with Crippen molar-refractivity contribution in [3.63, 3.8) is 0 Å². The van der Waals surface area contributed by atoms with Gasteiger partial charge in [0.2, 0.25) is 0 Å². The van der Waals surface area contributed by atoms with E-state index in [4.69, 9.17) is 16.6 Å². The highest BCUT2D eigenvalue weighted by atomic mass is 35.5. The summed E-state index contributed by atoms with van der Waals surface area (Å²) in [6.07, 6.45) is 0. The van der Waals surface area contributed by atoms with Gasteiger partial charge in [0, 0.05) is 27.2 Å². The molecular formula is C24H16ClFN4. The van der Waals surface area contributed by atoms with Crippen molar-refractivity contribution in [2.75, 3.05) is 5.32 Å². The van der Waals surface area contributed by atoms with Gasteiger partial charge in [-0.3, -0.25) is 5.10 Å². The molecule has 0 unspecified atom stereocenters. The van der Waals surface area contributed by atoms with Crippen LogP contribution in [-0.4, -0.2) is 15.2 Å². The third-order valence-corrected chi connectivity index (χ3v) is 5.16. The molecule has 146 valence electrons. The van der Waals surface area contributed by atoms with Crippen LogP contribution in [0.5, 0.6) is 0 Å². The number of anilines is 2. The van der Waals surface area contributed by atoms with Crippen molar-refractivity contribution < 1.29 is 4.39 Å². The van der Waals surface area contributed by atoms with Crippen LogP contribution >= 0.6 is 11.6 Å². The highest BCUT2D eigenvalue weighted by Crippen LogP contribution is 2.33. The Balaban J connectivity index is 1.64. The zero-order valence-corrected chi connectivity index (χ0v) is 16.5. The maximum Gasteiger partial charge on any atom is 0.160 e. The first-order valence-electron chi connectivity index (χ1n) is 9.40. The predicted octanol–water partition coefficient (Wildman–Crippen LogP) is 6.83. The number of rotatable bonds is 4. The second kappa shape index (κ2) is 7.61. The first-order chi connectivity index (χ1) is 14.7. The molecule has 2 heterocycles. The second-order valence-corrected chi connectivity index (χ2v) is 7.27. The Morgan fingerprint density at radius 2 is 1.60 bits per heavy atom. The molecule has 0 saturated carbocycles. The highest BCUT2D eigenvalue weighted by molar-refractivity contribution is 6.33. The van der Waals surface area contributed by atoms with Crippen molar-refractivity contribution in [2.45, 2.75) is 0 Å². The fourth-order valence-electron chi connectivity index (χ4n) is 3.38. The fourth-order valence-corrected chi connectivity index (χ4v) is 3.62. The summed E-state index contributed by atoms with van der Waals surface area (Å²) in [5.41, 5.74) is 4.86. The molecule has 2 N–H and O–H groups in total. The number of hydrogen-bond donors (Lipinski definition) is 2. The van der Waals surface area contributed by atoms with Gasteiger partial charge in [0.05, 0.1) is 16.9 Å². The Labute approximate surface area is 177 Å². The Bertz CT molecular complexity index is 1350. The van der Waals surface area contributed by atoms with Crippen LogP contribution in [0.1, 0.15) is 0 Å². The lowest BCUT2D eigenvalue weighted by molar-refractivity contribution is 0.630. The molecule has 30 heavy (non-hydrogen) atoms. The van der Waals surface area contributed by atoms with Crippen molar-refractivity contribution in [1.82, 2.24) is 15.2 Å². The first-order valence-corrected chi connectivity index (χ1v) is 9.78. The molecule has 5 rings (SSSR count). The summed E-state index contributed by atoms with van der Waals surface area (Å²) in [5.74, 6) is 0.225. The molecule has 0 aliphatic carbocycles. The molecule has 2 aromatic heterocycles. The van der Waals surface area contributed by atoms with E-state index in [0.717, 1.165) is 33.7 Å². The number of hydrogen-bond acceptors (Lipinski definition) is 3. The minimum Gasteiger partial charge on any atom is -0.338 e. The minimum atomic E-state index is -0.316. The Hall–Kier alpha value is -3.70. The number of nitrogens with one attached hydrogen (secondary N) is 2. The summed E-state index contributed by atoms with van der Waals surface area (Å²) in [6, 6.07) is 25.9. The quantitative estimate of drug-likeness (QED) is 0.339. The lowest BCUT2D eigenvalue weighted by Gasteiger charge is -2.11. The van der Waals surface area contributed by atoms with Crippen LogP contribution in [0, 0.1) is 5.82 Å². The molecule has 0 spiro atoms. The minimum absolute atomic E-state index is 0.316. The summed E-state index contributed by atoms with van der Waals surface area (Å²) in [4.78, 5) is 4.83. The summed E-state index contributed by atoms with van der Waals surface area (Å²) in [7, 11) is 0. The predicted molar refractivity (Wildman–Crippen MR) is 119 cm³/mol. The molecule has 0 atom stereocenters. The molecule has 3 aromatic carbocycles. The van der Waals surface area contributed by atoms with Gasteiger partial charge in [0.25, 0.3) is 0 Å². The summed E-state index contributed by atoms with van der Waals surface area (Å²) in [5, 5.41) is 11.8. The van der Waals surface area contributed by atoms with E-state index in [1.807, 2.05) is 66.7 Å². The summed E-state index contributed by atoms with van der Waals surface area (Å²) < 4.78 is 13.8. The van der Waals surface area contributed by atoms with Crippen molar-refractivity contribution in [2.24, 2.45) is 0 Å². The number of aromatic amines is 1. The third-order valence-electron chi connectivity index (χ3n) is 4.83. The van der Waals surface area contributed by atoms with Gasteiger partial charge in [-0.2, -0.15) is 5.10 Å². The molecule has 5 aromatic rings. The van der Waals surface area contributed by atoms with Crippen LogP contribution in [0.4, 0.5) is 15.9 Å². The maximum atomic E-state index is 13.8. The largest absolute Gasteiger partial charge is 0.338 e. The van der Waals surface area contributed by atoms with Gasteiger partial charge in [0.15, 0.2) is 5.82 Å². The first kappa shape index (κ1) is 18.3. The van der Waals surface area contributed by atoms with Gasteiger partial charge in [-0.1, -0.05) is 60.1 Å². The van der Waals surface area contributed by atoms with Crippen LogP contribution in [0.2, 0.25) is 5.02 Å². The van der Waals surface area contributed by atoms with E-state index >= 15 is 0 Å².